The van der Waals surface area contributed by atoms with Crippen molar-refractivity contribution in [2.45, 2.75) is 58.4 Å². The summed E-state index contributed by atoms with van der Waals surface area (Å²) >= 11 is 3.04. The van der Waals surface area contributed by atoms with Crippen molar-refractivity contribution in [2.24, 2.45) is 5.92 Å². The van der Waals surface area contributed by atoms with Crippen molar-refractivity contribution in [1.82, 2.24) is 19.8 Å². The molecule has 8 heteroatoms. The minimum Gasteiger partial charge on any atom is -0.342 e. The van der Waals surface area contributed by atoms with Gasteiger partial charge in [0.2, 0.25) is 5.91 Å². The van der Waals surface area contributed by atoms with Crippen molar-refractivity contribution in [3.8, 4) is 0 Å². The summed E-state index contributed by atoms with van der Waals surface area (Å²) in [5.74, 6) is 0.788. The van der Waals surface area contributed by atoms with Gasteiger partial charge < -0.3 is 9.80 Å². The molecule has 156 valence electrons. The maximum atomic E-state index is 13.1. The Kier molecular flexibility index (Phi) is 6.29. The minimum atomic E-state index is 0.145. The third kappa shape index (κ3) is 4.53. The molecule has 29 heavy (non-hydrogen) atoms. The largest absolute Gasteiger partial charge is 0.342 e. The molecule has 0 aromatic carbocycles. The molecule has 1 atom stereocenters. The predicted molar refractivity (Wildman–Crippen MR) is 115 cm³/mol. The number of piperidine rings is 2. The molecule has 2 aromatic rings. The van der Waals surface area contributed by atoms with Crippen LogP contribution in [-0.2, 0) is 11.2 Å². The molecule has 2 aliphatic heterocycles. The number of carbonyl (C=O) groups is 2. The maximum absolute atomic E-state index is 13.1. The van der Waals surface area contributed by atoms with Gasteiger partial charge in [-0.2, -0.15) is 0 Å². The number of thiazole rings is 2. The molecule has 6 nitrogen and oxygen atoms in total. The Morgan fingerprint density at radius 1 is 1.10 bits per heavy atom. The monoisotopic (exact) mass is 432 g/mol. The number of hydrogen-bond acceptors (Lipinski definition) is 6. The van der Waals surface area contributed by atoms with Gasteiger partial charge in [-0.05, 0) is 51.9 Å². The van der Waals surface area contributed by atoms with E-state index < -0.39 is 0 Å². The smallest absolute Gasteiger partial charge is 0.266 e. The molecule has 0 spiro atoms. The molecule has 2 aromatic heterocycles. The number of likely N-dealkylation sites (tertiary alicyclic amines) is 2. The van der Waals surface area contributed by atoms with Crippen LogP contribution < -0.4 is 0 Å². The van der Waals surface area contributed by atoms with E-state index in [1.54, 1.807) is 16.8 Å². The van der Waals surface area contributed by atoms with E-state index in [0.717, 1.165) is 66.6 Å². The van der Waals surface area contributed by atoms with Gasteiger partial charge in [-0.25, -0.2) is 9.97 Å². The van der Waals surface area contributed by atoms with Gasteiger partial charge in [0.25, 0.3) is 5.91 Å². The molecule has 2 fully saturated rings. The van der Waals surface area contributed by atoms with Crippen LogP contribution in [0.15, 0.2) is 10.9 Å². The zero-order chi connectivity index (χ0) is 20.4. The van der Waals surface area contributed by atoms with Gasteiger partial charge >= 0.3 is 0 Å². The Hall–Kier alpha value is -1.80. The summed E-state index contributed by atoms with van der Waals surface area (Å²) in [5, 5.41) is 2.98. The van der Waals surface area contributed by atoms with Crippen molar-refractivity contribution >= 4 is 34.5 Å². The highest BCUT2D eigenvalue weighted by molar-refractivity contribution is 7.11. The van der Waals surface area contributed by atoms with Crippen LogP contribution >= 0.6 is 22.7 Å². The van der Waals surface area contributed by atoms with Gasteiger partial charge in [0.1, 0.15) is 4.88 Å². The molecule has 2 saturated heterocycles. The average Bonchev–Trinajstić information content (AvgIpc) is 3.35. The summed E-state index contributed by atoms with van der Waals surface area (Å²) in [6.07, 6.45) is 5.66. The molecule has 0 saturated carbocycles. The van der Waals surface area contributed by atoms with E-state index in [4.69, 9.17) is 0 Å². The molecule has 2 aliphatic rings. The highest BCUT2D eigenvalue weighted by atomic mass is 32.1. The number of aromatic nitrogens is 2. The summed E-state index contributed by atoms with van der Waals surface area (Å²) in [7, 11) is 0. The first-order valence-electron chi connectivity index (χ1n) is 10.4. The highest BCUT2D eigenvalue weighted by Gasteiger charge is 2.36. The van der Waals surface area contributed by atoms with Crippen LogP contribution in [-0.4, -0.2) is 57.3 Å². The molecule has 0 N–H and O–H groups in total. The Morgan fingerprint density at radius 2 is 1.90 bits per heavy atom. The zero-order valence-corrected chi connectivity index (χ0v) is 18.7. The van der Waals surface area contributed by atoms with Crippen LogP contribution in [0.1, 0.15) is 58.2 Å². The Balaban J connectivity index is 1.37. The molecular formula is C21H28N4O2S2. The first-order chi connectivity index (χ1) is 14.0. The van der Waals surface area contributed by atoms with Gasteiger partial charge in [0.15, 0.2) is 0 Å². The summed E-state index contributed by atoms with van der Waals surface area (Å²) < 4.78 is 0. The highest BCUT2D eigenvalue weighted by Crippen LogP contribution is 2.32. The van der Waals surface area contributed by atoms with Crippen LogP contribution in [0.25, 0.3) is 0 Å². The Morgan fingerprint density at radius 3 is 2.55 bits per heavy atom. The van der Waals surface area contributed by atoms with Crippen LogP contribution in [0.2, 0.25) is 0 Å². The fraction of sp³-hybridized carbons (Fsp3) is 0.619. The Bertz CT molecular complexity index is 870. The molecular weight excluding hydrogens is 404 g/mol. The van der Waals surface area contributed by atoms with Gasteiger partial charge in [-0.1, -0.05) is 0 Å². The lowest BCUT2D eigenvalue weighted by molar-refractivity contribution is -0.132. The van der Waals surface area contributed by atoms with Gasteiger partial charge in [0.05, 0.1) is 28.3 Å². The van der Waals surface area contributed by atoms with E-state index in [1.165, 1.54) is 17.8 Å². The summed E-state index contributed by atoms with van der Waals surface area (Å²) in [6.45, 7) is 6.28. The van der Waals surface area contributed by atoms with E-state index in [-0.39, 0.29) is 17.9 Å². The molecule has 2 amide bonds. The standard InChI is InChI=1S/C21H28N4O2S2/c1-14-20(29-13-22-14)21(27)25-8-4-3-5-18(25)16-6-9-24(10-7-16)19(26)11-17-12-28-15(2)23-17/h12-13,16,18H,3-11H2,1-2H3/t18-/m1/s1. The average molecular weight is 433 g/mol. The van der Waals surface area contributed by atoms with E-state index >= 15 is 0 Å². The van der Waals surface area contributed by atoms with Gasteiger partial charge in [-0.15, -0.1) is 22.7 Å². The number of aryl methyl sites for hydroxylation is 2. The van der Waals surface area contributed by atoms with E-state index in [1.807, 2.05) is 24.1 Å². The topological polar surface area (TPSA) is 66.4 Å². The molecule has 0 unspecified atom stereocenters. The van der Waals surface area contributed by atoms with Crippen molar-refractivity contribution in [3.63, 3.8) is 0 Å². The van der Waals surface area contributed by atoms with Crippen LogP contribution in [0.3, 0.4) is 0 Å². The molecule has 0 aliphatic carbocycles. The second-order valence-electron chi connectivity index (χ2n) is 8.08. The molecule has 0 radical (unpaired) electrons. The Labute approximate surface area is 180 Å². The fourth-order valence-electron chi connectivity index (χ4n) is 4.63. The molecule has 4 rings (SSSR count). The quantitative estimate of drug-likeness (QED) is 0.739. The predicted octanol–water partition coefficient (Wildman–Crippen LogP) is 3.69. The maximum Gasteiger partial charge on any atom is 0.266 e. The van der Waals surface area contributed by atoms with E-state index in [9.17, 15) is 9.59 Å². The lowest BCUT2D eigenvalue weighted by atomic mass is 9.83. The van der Waals surface area contributed by atoms with Gasteiger partial charge in [0, 0.05) is 31.1 Å². The molecule has 0 bridgehead atoms. The summed E-state index contributed by atoms with van der Waals surface area (Å²) in [4.78, 5) is 39.3. The van der Waals surface area contributed by atoms with E-state index in [2.05, 4.69) is 14.9 Å². The lowest BCUT2D eigenvalue weighted by Crippen LogP contribution is -2.51. The van der Waals surface area contributed by atoms with Crippen LogP contribution in [0, 0.1) is 19.8 Å². The number of rotatable bonds is 4. The van der Waals surface area contributed by atoms with Crippen molar-refractivity contribution < 1.29 is 9.59 Å². The number of nitrogens with zero attached hydrogens (tertiary/aromatic N) is 4. The number of amides is 2. The van der Waals surface area contributed by atoms with Crippen molar-refractivity contribution in [3.05, 3.63) is 32.2 Å². The fourth-order valence-corrected chi connectivity index (χ4v) is 6.00. The second kappa shape index (κ2) is 8.92. The first-order valence-corrected chi connectivity index (χ1v) is 12.2. The number of carbonyl (C=O) groups excluding carboxylic acids is 2. The lowest BCUT2D eigenvalue weighted by Gasteiger charge is -2.43. The van der Waals surface area contributed by atoms with Crippen LogP contribution in [0.5, 0.6) is 0 Å². The third-order valence-corrected chi connectivity index (χ3v) is 7.92. The summed E-state index contributed by atoms with van der Waals surface area (Å²) in [5.41, 5.74) is 3.47. The zero-order valence-electron chi connectivity index (χ0n) is 17.1. The van der Waals surface area contributed by atoms with Crippen LogP contribution in [0.4, 0.5) is 0 Å². The summed E-state index contributed by atoms with van der Waals surface area (Å²) in [6, 6.07) is 0.288. The number of hydrogen-bond donors (Lipinski definition) is 0. The van der Waals surface area contributed by atoms with Crippen molar-refractivity contribution in [1.29, 1.82) is 0 Å². The normalized spacial score (nSPS) is 20.8. The first kappa shape index (κ1) is 20.5. The van der Waals surface area contributed by atoms with Gasteiger partial charge in [-0.3, -0.25) is 9.59 Å². The molecule has 4 heterocycles. The minimum absolute atomic E-state index is 0.145. The van der Waals surface area contributed by atoms with Crippen molar-refractivity contribution in [2.75, 3.05) is 19.6 Å². The third-order valence-electron chi connectivity index (χ3n) is 6.19. The second-order valence-corrected chi connectivity index (χ2v) is 10.00. The SMILES string of the molecule is Cc1nc(CC(=O)N2CCC([C@H]3CCCCN3C(=O)c3scnc3C)CC2)cs1. The van der Waals surface area contributed by atoms with E-state index in [0.29, 0.717) is 12.3 Å².